The topological polar surface area (TPSA) is 66.8 Å². The Morgan fingerprint density at radius 3 is 2.63 bits per heavy atom. The number of aliphatic hydroxyl groups excluding tert-OH is 1. The molecule has 2 aromatic rings. The van der Waals surface area contributed by atoms with Crippen LogP contribution in [0.15, 0.2) is 41.3 Å². The van der Waals surface area contributed by atoms with Gasteiger partial charge in [-0.1, -0.05) is 31.4 Å². The van der Waals surface area contributed by atoms with E-state index >= 15 is 0 Å². The average molecular weight is 426 g/mol. The molecule has 1 saturated carbocycles. The fourth-order valence-electron chi connectivity index (χ4n) is 4.56. The van der Waals surface area contributed by atoms with Crippen LogP contribution in [0, 0.1) is 6.92 Å². The number of hydrogen-bond donors (Lipinski definition) is 1. The number of rotatable bonds is 5. The summed E-state index contributed by atoms with van der Waals surface area (Å²) in [6.45, 7) is 4.38. The molecule has 5 nitrogen and oxygen atoms in total. The number of Topliss-reactive ketones (excluding diaryl/α,β-unsaturated/α-hetero) is 1. The number of hydrogen-bond acceptors (Lipinski definition) is 5. The number of ketones is 1. The zero-order chi connectivity index (χ0) is 21.3. The van der Waals surface area contributed by atoms with E-state index in [0.717, 1.165) is 42.5 Å². The second-order valence-electron chi connectivity index (χ2n) is 7.93. The van der Waals surface area contributed by atoms with E-state index in [1.165, 1.54) is 11.3 Å². The van der Waals surface area contributed by atoms with E-state index < -0.39 is 17.7 Å². The molecular weight excluding hydrogens is 398 g/mol. The van der Waals surface area contributed by atoms with Gasteiger partial charge in [0, 0.05) is 16.5 Å². The second kappa shape index (κ2) is 8.64. The van der Waals surface area contributed by atoms with E-state index in [0.29, 0.717) is 17.9 Å². The lowest BCUT2D eigenvalue weighted by Gasteiger charge is -2.35. The molecule has 2 aliphatic rings. The number of nitrogens with zero attached hydrogens (tertiary/aromatic N) is 1. The molecule has 2 fully saturated rings. The summed E-state index contributed by atoms with van der Waals surface area (Å²) in [4.78, 5) is 29.0. The van der Waals surface area contributed by atoms with Gasteiger partial charge >= 0.3 is 0 Å². The molecule has 0 bridgehead atoms. The third-order valence-electron chi connectivity index (χ3n) is 6.02. The quantitative estimate of drug-likeness (QED) is 0.406. The van der Waals surface area contributed by atoms with Gasteiger partial charge < -0.3 is 14.7 Å². The zero-order valence-corrected chi connectivity index (χ0v) is 18.2. The SMILES string of the molecule is CCOc1cccc(/C(O)=C2/C(=O)C(=O)N(C3CCCCC3)C2c2sccc2C)c1. The zero-order valence-electron chi connectivity index (χ0n) is 17.4. The van der Waals surface area contributed by atoms with Crippen molar-refractivity contribution in [2.45, 2.75) is 58.0 Å². The molecule has 158 valence electrons. The summed E-state index contributed by atoms with van der Waals surface area (Å²) in [6.07, 6.45) is 5.06. The van der Waals surface area contributed by atoms with Crippen molar-refractivity contribution in [3.8, 4) is 5.75 Å². The lowest BCUT2D eigenvalue weighted by molar-refractivity contribution is -0.141. The summed E-state index contributed by atoms with van der Waals surface area (Å²) in [7, 11) is 0. The van der Waals surface area contributed by atoms with E-state index in [9.17, 15) is 14.7 Å². The van der Waals surface area contributed by atoms with E-state index in [-0.39, 0.29) is 17.4 Å². The summed E-state index contributed by atoms with van der Waals surface area (Å²) >= 11 is 1.53. The van der Waals surface area contributed by atoms with Crippen LogP contribution in [0.1, 0.15) is 61.1 Å². The number of likely N-dealkylation sites (tertiary alicyclic amines) is 1. The number of thiophene rings is 1. The first-order valence-electron chi connectivity index (χ1n) is 10.6. The van der Waals surface area contributed by atoms with Gasteiger partial charge in [-0.3, -0.25) is 9.59 Å². The van der Waals surface area contributed by atoms with Crippen LogP contribution >= 0.6 is 11.3 Å². The third-order valence-corrected chi connectivity index (χ3v) is 7.09. The highest BCUT2D eigenvalue weighted by molar-refractivity contribution is 7.10. The number of carbonyl (C=O) groups is 2. The highest BCUT2D eigenvalue weighted by Gasteiger charge is 2.49. The Bertz CT molecular complexity index is 987. The molecule has 1 aromatic heterocycles. The molecular formula is C24H27NO4S. The van der Waals surface area contributed by atoms with Crippen LogP contribution < -0.4 is 4.74 Å². The van der Waals surface area contributed by atoms with Gasteiger partial charge in [0.2, 0.25) is 0 Å². The number of aliphatic hydroxyl groups is 1. The van der Waals surface area contributed by atoms with Gasteiger partial charge in [0.15, 0.2) is 0 Å². The fraction of sp³-hybridized carbons (Fsp3) is 0.417. The Kier molecular flexibility index (Phi) is 5.95. The number of carbonyl (C=O) groups excluding carboxylic acids is 2. The van der Waals surface area contributed by atoms with Crippen LogP contribution in [-0.4, -0.2) is 34.3 Å². The molecule has 0 spiro atoms. The van der Waals surface area contributed by atoms with E-state index in [2.05, 4.69) is 0 Å². The summed E-state index contributed by atoms with van der Waals surface area (Å²) in [5, 5.41) is 13.2. The molecule has 30 heavy (non-hydrogen) atoms. The monoisotopic (exact) mass is 425 g/mol. The molecule has 2 heterocycles. The minimum absolute atomic E-state index is 0.0294. The van der Waals surface area contributed by atoms with Gasteiger partial charge in [0.1, 0.15) is 17.6 Å². The molecule has 1 aliphatic heterocycles. The number of ether oxygens (including phenoxy) is 1. The van der Waals surface area contributed by atoms with Crippen molar-refractivity contribution in [1.82, 2.24) is 4.90 Å². The number of amides is 1. The first-order valence-corrected chi connectivity index (χ1v) is 11.5. The van der Waals surface area contributed by atoms with Crippen molar-refractivity contribution in [3.05, 3.63) is 57.3 Å². The molecule has 1 aliphatic carbocycles. The molecule has 1 unspecified atom stereocenters. The number of aryl methyl sites for hydroxylation is 1. The number of benzene rings is 1. The van der Waals surface area contributed by atoms with Gasteiger partial charge in [0.05, 0.1) is 12.2 Å². The summed E-state index contributed by atoms with van der Waals surface area (Å²) in [5.74, 6) is -0.613. The Balaban J connectivity index is 1.85. The molecule has 1 atom stereocenters. The largest absolute Gasteiger partial charge is 0.507 e. The molecule has 6 heteroatoms. The maximum absolute atomic E-state index is 13.2. The lowest BCUT2D eigenvalue weighted by atomic mass is 9.92. The summed E-state index contributed by atoms with van der Waals surface area (Å²) < 4.78 is 5.55. The van der Waals surface area contributed by atoms with Crippen molar-refractivity contribution >= 4 is 28.8 Å². The van der Waals surface area contributed by atoms with Crippen molar-refractivity contribution in [1.29, 1.82) is 0 Å². The Labute approximate surface area is 181 Å². The van der Waals surface area contributed by atoms with Crippen LogP contribution in [0.4, 0.5) is 0 Å². The van der Waals surface area contributed by atoms with Crippen molar-refractivity contribution in [2.24, 2.45) is 0 Å². The smallest absolute Gasteiger partial charge is 0.295 e. The summed E-state index contributed by atoms with van der Waals surface area (Å²) in [6, 6.07) is 8.53. The standard InChI is InChI=1S/C24H27NO4S/c1-3-29-18-11-7-8-16(14-18)21(26)19-20(23-15(2)12-13-30-23)25(24(28)22(19)27)17-9-5-4-6-10-17/h7-8,11-14,17,20,26H,3-6,9-10H2,1-2H3/b21-19-. The van der Waals surface area contributed by atoms with Crippen molar-refractivity contribution < 1.29 is 19.4 Å². The van der Waals surface area contributed by atoms with Crippen LogP contribution in [0.2, 0.25) is 0 Å². The Hall–Kier alpha value is -2.60. The second-order valence-corrected chi connectivity index (χ2v) is 8.87. The Morgan fingerprint density at radius 2 is 1.97 bits per heavy atom. The van der Waals surface area contributed by atoms with E-state index in [1.54, 1.807) is 23.1 Å². The first kappa shape index (κ1) is 20.7. The normalized spacial score (nSPS) is 21.9. The highest BCUT2D eigenvalue weighted by Crippen LogP contribution is 2.45. The predicted octanol–water partition coefficient (Wildman–Crippen LogP) is 5.21. The maximum Gasteiger partial charge on any atom is 0.295 e. The summed E-state index contributed by atoms with van der Waals surface area (Å²) in [5.41, 5.74) is 1.70. The highest BCUT2D eigenvalue weighted by atomic mass is 32.1. The van der Waals surface area contributed by atoms with Crippen LogP contribution in [0.3, 0.4) is 0 Å². The van der Waals surface area contributed by atoms with Crippen LogP contribution in [-0.2, 0) is 9.59 Å². The fourth-order valence-corrected chi connectivity index (χ4v) is 5.60. The van der Waals surface area contributed by atoms with Crippen LogP contribution in [0.5, 0.6) is 5.75 Å². The molecule has 4 rings (SSSR count). The maximum atomic E-state index is 13.2. The van der Waals surface area contributed by atoms with Crippen molar-refractivity contribution in [3.63, 3.8) is 0 Å². The van der Waals surface area contributed by atoms with Crippen LogP contribution in [0.25, 0.3) is 5.76 Å². The lowest BCUT2D eigenvalue weighted by Crippen LogP contribution is -2.40. The van der Waals surface area contributed by atoms with Gasteiger partial charge in [-0.05, 0) is 55.8 Å². The first-order chi connectivity index (χ1) is 14.5. The molecule has 1 saturated heterocycles. The third kappa shape index (κ3) is 3.65. The van der Waals surface area contributed by atoms with Gasteiger partial charge in [-0.15, -0.1) is 11.3 Å². The molecule has 1 amide bonds. The predicted molar refractivity (Wildman–Crippen MR) is 118 cm³/mol. The van der Waals surface area contributed by atoms with Gasteiger partial charge in [-0.2, -0.15) is 0 Å². The average Bonchev–Trinajstić information content (AvgIpc) is 3.29. The minimum atomic E-state index is -0.599. The van der Waals surface area contributed by atoms with E-state index in [4.69, 9.17) is 4.74 Å². The van der Waals surface area contributed by atoms with Gasteiger partial charge in [-0.25, -0.2) is 0 Å². The Morgan fingerprint density at radius 1 is 1.20 bits per heavy atom. The molecule has 0 radical (unpaired) electrons. The minimum Gasteiger partial charge on any atom is -0.507 e. The van der Waals surface area contributed by atoms with Gasteiger partial charge in [0.25, 0.3) is 11.7 Å². The molecule has 1 aromatic carbocycles. The van der Waals surface area contributed by atoms with Crippen molar-refractivity contribution in [2.75, 3.05) is 6.61 Å². The van der Waals surface area contributed by atoms with E-state index in [1.807, 2.05) is 31.4 Å². The molecule has 1 N–H and O–H groups in total.